The summed E-state index contributed by atoms with van der Waals surface area (Å²) in [6.45, 7) is 0. The number of aromatic nitrogens is 2. The third-order valence-corrected chi connectivity index (χ3v) is 1.80. The predicted molar refractivity (Wildman–Crippen MR) is 48.2 cm³/mol. The van der Waals surface area contributed by atoms with Crippen molar-refractivity contribution >= 4 is 28.8 Å². The maximum atomic E-state index is 11.1. The molecule has 5 nitrogen and oxygen atoms in total. The molecule has 0 aliphatic rings. The second-order valence-electron chi connectivity index (χ2n) is 2.50. The van der Waals surface area contributed by atoms with E-state index in [0.29, 0.717) is 16.8 Å². The molecular weight excluding hydrogens is 208 g/mol. The molecule has 0 spiro atoms. The Bertz CT molecular complexity index is 494. The van der Waals surface area contributed by atoms with E-state index in [0.717, 1.165) is 0 Å². The summed E-state index contributed by atoms with van der Waals surface area (Å²) in [5.41, 5.74) is 1.02. The van der Waals surface area contributed by atoms with Crippen molar-refractivity contribution < 1.29 is 13.9 Å². The van der Waals surface area contributed by atoms with Crippen LogP contribution >= 0.6 is 11.6 Å². The molecule has 2 heterocycles. The van der Waals surface area contributed by atoms with Crippen molar-refractivity contribution in [2.45, 2.75) is 0 Å². The molecule has 0 saturated carbocycles. The Morgan fingerprint density at radius 2 is 2.43 bits per heavy atom. The van der Waals surface area contributed by atoms with Gasteiger partial charge in [0.15, 0.2) is 11.2 Å². The summed E-state index contributed by atoms with van der Waals surface area (Å²) in [5, 5.41) is -0.00508. The molecule has 0 bridgehead atoms. The zero-order chi connectivity index (χ0) is 10.1. The highest BCUT2D eigenvalue weighted by molar-refractivity contribution is 6.28. The molecule has 2 aromatic rings. The number of halogens is 1. The Morgan fingerprint density at radius 1 is 1.64 bits per heavy atom. The Labute approximate surface area is 83.7 Å². The molecule has 0 unspecified atom stereocenters. The number of rotatable bonds is 1. The standard InChI is InChI=1S/C8H5ClN2O3/c1-13-7(12)4-2-5-6(10-3-4)11-8(9)14-5/h2-3H,1H3. The number of hydrogen-bond donors (Lipinski definition) is 0. The summed E-state index contributed by atoms with van der Waals surface area (Å²) in [6.07, 6.45) is 1.35. The lowest BCUT2D eigenvalue weighted by molar-refractivity contribution is 0.0600. The lowest BCUT2D eigenvalue weighted by Crippen LogP contribution is -2.01. The molecular formula is C8H5ClN2O3. The fourth-order valence-corrected chi connectivity index (χ4v) is 1.19. The minimum atomic E-state index is -0.480. The molecule has 0 N–H and O–H groups in total. The maximum Gasteiger partial charge on any atom is 0.339 e. The first-order valence-corrected chi connectivity index (χ1v) is 4.09. The van der Waals surface area contributed by atoms with Gasteiger partial charge in [0.2, 0.25) is 0 Å². The summed E-state index contributed by atoms with van der Waals surface area (Å²) < 4.78 is 9.51. The number of methoxy groups -OCH3 is 1. The van der Waals surface area contributed by atoms with Crippen LogP contribution in [0.2, 0.25) is 5.35 Å². The van der Waals surface area contributed by atoms with Crippen LogP contribution in [0.3, 0.4) is 0 Å². The molecule has 72 valence electrons. The van der Waals surface area contributed by atoms with E-state index in [1.807, 2.05) is 0 Å². The van der Waals surface area contributed by atoms with Crippen LogP contribution < -0.4 is 0 Å². The minimum absolute atomic E-state index is 0.00508. The van der Waals surface area contributed by atoms with Gasteiger partial charge in [-0.05, 0) is 11.6 Å². The number of carbonyl (C=O) groups excluding carboxylic acids is 1. The highest BCUT2D eigenvalue weighted by atomic mass is 35.5. The topological polar surface area (TPSA) is 65.2 Å². The Balaban J connectivity index is 2.55. The predicted octanol–water partition coefficient (Wildman–Crippen LogP) is 1.66. The van der Waals surface area contributed by atoms with E-state index < -0.39 is 5.97 Å². The van der Waals surface area contributed by atoms with E-state index >= 15 is 0 Å². The highest BCUT2D eigenvalue weighted by Gasteiger charge is 2.10. The van der Waals surface area contributed by atoms with Gasteiger partial charge in [-0.25, -0.2) is 9.78 Å². The largest absolute Gasteiger partial charge is 0.465 e. The van der Waals surface area contributed by atoms with E-state index in [1.54, 1.807) is 0 Å². The van der Waals surface area contributed by atoms with E-state index in [1.165, 1.54) is 19.4 Å². The fraction of sp³-hybridized carbons (Fsp3) is 0.125. The number of nitrogens with zero attached hydrogens (tertiary/aromatic N) is 2. The van der Waals surface area contributed by atoms with Gasteiger partial charge in [0.25, 0.3) is 5.35 Å². The van der Waals surface area contributed by atoms with Crippen LogP contribution in [-0.2, 0) is 4.74 Å². The van der Waals surface area contributed by atoms with Crippen molar-refractivity contribution in [2.75, 3.05) is 7.11 Å². The fourth-order valence-electron chi connectivity index (χ4n) is 1.02. The van der Waals surface area contributed by atoms with Gasteiger partial charge in [0.1, 0.15) is 0 Å². The molecule has 0 atom stereocenters. The van der Waals surface area contributed by atoms with Crippen LogP contribution in [0.4, 0.5) is 0 Å². The Kier molecular flexibility index (Phi) is 2.09. The van der Waals surface area contributed by atoms with Crippen LogP contribution in [-0.4, -0.2) is 23.0 Å². The van der Waals surface area contributed by atoms with E-state index in [4.69, 9.17) is 16.0 Å². The number of ether oxygens (including phenoxy) is 1. The molecule has 0 saturated heterocycles. The molecule has 2 aromatic heterocycles. The zero-order valence-electron chi connectivity index (χ0n) is 7.15. The molecule has 2 rings (SSSR count). The second kappa shape index (κ2) is 3.26. The van der Waals surface area contributed by atoms with Crippen molar-refractivity contribution in [3.63, 3.8) is 0 Å². The van der Waals surface area contributed by atoms with Crippen molar-refractivity contribution in [1.29, 1.82) is 0 Å². The van der Waals surface area contributed by atoms with E-state index in [2.05, 4.69) is 14.7 Å². The Morgan fingerprint density at radius 3 is 3.14 bits per heavy atom. The van der Waals surface area contributed by atoms with Gasteiger partial charge in [0.05, 0.1) is 12.7 Å². The number of carbonyl (C=O) groups is 1. The van der Waals surface area contributed by atoms with Crippen molar-refractivity contribution in [3.05, 3.63) is 23.2 Å². The molecule has 0 amide bonds. The maximum absolute atomic E-state index is 11.1. The zero-order valence-corrected chi connectivity index (χ0v) is 7.91. The number of hydrogen-bond acceptors (Lipinski definition) is 5. The summed E-state index contributed by atoms with van der Waals surface area (Å²) in [5.74, 6) is -0.480. The summed E-state index contributed by atoms with van der Waals surface area (Å²) in [4.78, 5) is 18.8. The highest BCUT2D eigenvalue weighted by Crippen LogP contribution is 2.17. The number of pyridine rings is 1. The Hall–Kier alpha value is -1.62. The van der Waals surface area contributed by atoms with Crippen LogP contribution in [0.5, 0.6) is 0 Å². The quantitative estimate of drug-likeness (QED) is 0.673. The van der Waals surface area contributed by atoms with Crippen LogP contribution in [0.25, 0.3) is 11.2 Å². The van der Waals surface area contributed by atoms with Crippen LogP contribution in [0.15, 0.2) is 16.7 Å². The molecule has 0 aliphatic carbocycles. The molecule has 0 aromatic carbocycles. The third-order valence-electron chi connectivity index (χ3n) is 1.64. The first-order valence-electron chi connectivity index (χ1n) is 3.71. The third kappa shape index (κ3) is 1.42. The molecule has 6 heteroatoms. The van der Waals surface area contributed by atoms with Gasteiger partial charge in [-0.3, -0.25) is 0 Å². The molecule has 0 radical (unpaired) electrons. The van der Waals surface area contributed by atoms with Gasteiger partial charge >= 0.3 is 5.97 Å². The van der Waals surface area contributed by atoms with Crippen LogP contribution in [0.1, 0.15) is 10.4 Å². The average Bonchev–Trinajstić information content (AvgIpc) is 2.55. The minimum Gasteiger partial charge on any atom is -0.465 e. The van der Waals surface area contributed by atoms with Gasteiger partial charge in [-0.15, -0.1) is 0 Å². The van der Waals surface area contributed by atoms with Crippen molar-refractivity contribution in [1.82, 2.24) is 9.97 Å². The second-order valence-corrected chi connectivity index (χ2v) is 2.83. The number of fused-ring (bicyclic) bond motifs is 1. The number of esters is 1. The molecule has 0 fully saturated rings. The monoisotopic (exact) mass is 212 g/mol. The van der Waals surface area contributed by atoms with E-state index in [9.17, 15) is 4.79 Å². The smallest absolute Gasteiger partial charge is 0.339 e. The molecule has 14 heavy (non-hydrogen) atoms. The van der Waals surface area contributed by atoms with Crippen molar-refractivity contribution in [2.24, 2.45) is 0 Å². The first kappa shape index (κ1) is 8.96. The lowest BCUT2D eigenvalue weighted by atomic mass is 10.3. The summed E-state index contributed by atoms with van der Waals surface area (Å²) >= 11 is 5.51. The van der Waals surface area contributed by atoms with Gasteiger partial charge in [-0.2, -0.15) is 4.98 Å². The van der Waals surface area contributed by atoms with Crippen molar-refractivity contribution in [3.8, 4) is 0 Å². The van der Waals surface area contributed by atoms with Gasteiger partial charge < -0.3 is 9.15 Å². The van der Waals surface area contributed by atoms with Gasteiger partial charge in [-0.1, -0.05) is 0 Å². The average molecular weight is 213 g/mol. The first-order chi connectivity index (χ1) is 6.70. The SMILES string of the molecule is COC(=O)c1cnc2nc(Cl)oc2c1. The lowest BCUT2D eigenvalue weighted by Gasteiger charge is -1.96. The van der Waals surface area contributed by atoms with Crippen LogP contribution in [0, 0.1) is 0 Å². The van der Waals surface area contributed by atoms with E-state index in [-0.39, 0.29) is 5.35 Å². The normalized spacial score (nSPS) is 10.4. The van der Waals surface area contributed by atoms with Gasteiger partial charge in [0, 0.05) is 12.3 Å². The summed E-state index contributed by atoms with van der Waals surface area (Å²) in [6, 6.07) is 1.48. The number of oxazole rings is 1. The molecule has 0 aliphatic heterocycles. The summed E-state index contributed by atoms with van der Waals surface area (Å²) in [7, 11) is 1.29.